The Labute approximate surface area is 146 Å². The first kappa shape index (κ1) is 16.7. The molecule has 0 aliphatic rings. The Morgan fingerprint density at radius 2 is 1.84 bits per heavy atom. The number of nitrogens with one attached hydrogen (secondary N) is 2. The van der Waals surface area contributed by atoms with E-state index in [2.05, 4.69) is 26.7 Å². The number of benzene rings is 1. The van der Waals surface area contributed by atoms with Crippen molar-refractivity contribution >= 4 is 17.5 Å². The van der Waals surface area contributed by atoms with Crippen molar-refractivity contribution in [3.8, 4) is 0 Å². The van der Waals surface area contributed by atoms with E-state index in [4.69, 9.17) is 4.42 Å². The number of aromatic nitrogens is 2. The first-order valence-electron chi connectivity index (χ1n) is 8.01. The van der Waals surface area contributed by atoms with Crippen molar-refractivity contribution in [2.45, 2.75) is 27.3 Å². The molecule has 0 spiro atoms. The number of amides is 1. The van der Waals surface area contributed by atoms with Gasteiger partial charge in [-0.1, -0.05) is 6.07 Å². The topological polar surface area (TPSA) is 80.0 Å². The molecule has 0 aliphatic heterocycles. The van der Waals surface area contributed by atoms with Gasteiger partial charge in [-0.25, -0.2) is 9.97 Å². The Bertz CT molecular complexity index is 868. The third-order valence-electron chi connectivity index (χ3n) is 3.57. The lowest BCUT2D eigenvalue weighted by atomic mass is 10.1. The standard InChI is InChI=1S/C19H20N4O2/c1-12-7-13(2)9-15(8-12)22-18(24)17-10-14(3)21-19(23-17)20-11-16-5-4-6-25-16/h4-10H,11H2,1-3H3,(H,22,24)(H,20,21,23). The lowest BCUT2D eigenvalue weighted by Crippen LogP contribution is -2.16. The number of hydrogen-bond donors (Lipinski definition) is 2. The van der Waals surface area contributed by atoms with Crippen LogP contribution < -0.4 is 10.6 Å². The molecule has 0 fully saturated rings. The minimum Gasteiger partial charge on any atom is -0.467 e. The minimum absolute atomic E-state index is 0.267. The number of anilines is 2. The normalized spacial score (nSPS) is 10.5. The van der Waals surface area contributed by atoms with Gasteiger partial charge in [0.05, 0.1) is 12.8 Å². The van der Waals surface area contributed by atoms with Gasteiger partial charge in [-0.2, -0.15) is 0 Å². The molecule has 1 aromatic carbocycles. The second kappa shape index (κ2) is 7.17. The fraction of sp³-hybridized carbons (Fsp3) is 0.211. The molecule has 0 unspecified atom stereocenters. The number of nitrogens with zero attached hydrogens (tertiary/aromatic N) is 2. The number of furan rings is 1. The van der Waals surface area contributed by atoms with Gasteiger partial charge in [-0.15, -0.1) is 0 Å². The zero-order valence-electron chi connectivity index (χ0n) is 14.5. The summed E-state index contributed by atoms with van der Waals surface area (Å²) in [7, 11) is 0. The van der Waals surface area contributed by atoms with Gasteiger partial charge in [0, 0.05) is 11.4 Å². The van der Waals surface area contributed by atoms with Crippen LogP contribution in [0.3, 0.4) is 0 Å². The summed E-state index contributed by atoms with van der Waals surface area (Å²) < 4.78 is 5.27. The summed E-state index contributed by atoms with van der Waals surface area (Å²) in [5.41, 5.74) is 3.96. The summed E-state index contributed by atoms with van der Waals surface area (Å²) >= 11 is 0. The SMILES string of the molecule is Cc1cc(C)cc(NC(=O)c2cc(C)nc(NCc3ccco3)n2)c1. The Balaban J connectivity index is 1.75. The molecule has 0 saturated carbocycles. The number of hydrogen-bond acceptors (Lipinski definition) is 5. The minimum atomic E-state index is -0.267. The van der Waals surface area contributed by atoms with Gasteiger partial charge in [0.2, 0.25) is 5.95 Å². The predicted octanol–water partition coefficient (Wildman–Crippen LogP) is 3.86. The van der Waals surface area contributed by atoms with E-state index >= 15 is 0 Å². The van der Waals surface area contributed by atoms with E-state index in [1.807, 2.05) is 45.0 Å². The average molecular weight is 336 g/mol. The monoisotopic (exact) mass is 336 g/mol. The highest BCUT2D eigenvalue weighted by atomic mass is 16.3. The van der Waals surface area contributed by atoms with Crippen molar-refractivity contribution in [1.29, 1.82) is 0 Å². The lowest BCUT2D eigenvalue weighted by molar-refractivity contribution is 0.102. The molecule has 0 aliphatic carbocycles. The first-order valence-corrected chi connectivity index (χ1v) is 8.01. The van der Waals surface area contributed by atoms with Crippen molar-refractivity contribution in [2.24, 2.45) is 0 Å². The summed E-state index contributed by atoms with van der Waals surface area (Å²) in [4.78, 5) is 21.1. The van der Waals surface area contributed by atoms with Crippen LogP contribution in [0.25, 0.3) is 0 Å². The zero-order valence-corrected chi connectivity index (χ0v) is 14.5. The van der Waals surface area contributed by atoms with Gasteiger partial charge < -0.3 is 15.1 Å². The van der Waals surface area contributed by atoms with Crippen molar-refractivity contribution in [2.75, 3.05) is 10.6 Å². The van der Waals surface area contributed by atoms with Crippen LogP contribution in [0.5, 0.6) is 0 Å². The molecule has 3 aromatic rings. The molecular formula is C19H20N4O2. The van der Waals surface area contributed by atoms with E-state index in [0.29, 0.717) is 23.9 Å². The molecule has 2 N–H and O–H groups in total. The van der Waals surface area contributed by atoms with E-state index in [-0.39, 0.29) is 5.91 Å². The van der Waals surface area contributed by atoms with Gasteiger partial charge in [-0.05, 0) is 62.2 Å². The molecule has 0 bridgehead atoms. The molecule has 6 nitrogen and oxygen atoms in total. The highest BCUT2D eigenvalue weighted by molar-refractivity contribution is 6.03. The summed E-state index contributed by atoms with van der Waals surface area (Å²) in [5.74, 6) is 0.893. The quantitative estimate of drug-likeness (QED) is 0.739. The molecule has 2 aromatic heterocycles. The maximum Gasteiger partial charge on any atom is 0.274 e. The van der Waals surface area contributed by atoms with Crippen molar-refractivity contribution in [1.82, 2.24) is 9.97 Å². The Kier molecular flexibility index (Phi) is 4.79. The van der Waals surface area contributed by atoms with Crippen LogP contribution >= 0.6 is 0 Å². The predicted molar refractivity (Wildman–Crippen MR) is 96.7 cm³/mol. The zero-order chi connectivity index (χ0) is 17.8. The lowest BCUT2D eigenvalue weighted by Gasteiger charge is -2.09. The second-order valence-corrected chi connectivity index (χ2v) is 5.98. The van der Waals surface area contributed by atoms with Crippen molar-refractivity contribution in [3.63, 3.8) is 0 Å². The van der Waals surface area contributed by atoms with Gasteiger partial charge in [-0.3, -0.25) is 4.79 Å². The highest BCUT2D eigenvalue weighted by Crippen LogP contribution is 2.15. The van der Waals surface area contributed by atoms with E-state index in [0.717, 1.165) is 22.6 Å². The molecular weight excluding hydrogens is 316 g/mol. The van der Waals surface area contributed by atoms with Crippen molar-refractivity contribution < 1.29 is 9.21 Å². The van der Waals surface area contributed by atoms with Crippen LogP contribution in [0, 0.1) is 20.8 Å². The molecule has 0 radical (unpaired) electrons. The van der Waals surface area contributed by atoms with E-state index in [1.165, 1.54) is 0 Å². The third-order valence-corrected chi connectivity index (χ3v) is 3.57. The van der Waals surface area contributed by atoms with Gasteiger partial charge in [0.25, 0.3) is 5.91 Å². The van der Waals surface area contributed by atoms with Crippen LogP contribution in [0.15, 0.2) is 47.1 Å². The van der Waals surface area contributed by atoms with Gasteiger partial charge in [0.15, 0.2) is 0 Å². The smallest absolute Gasteiger partial charge is 0.274 e. The Morgan fingerprint density at radius 1 is 1.08 bits per heavy atom. The van der Waals surface area contributed by atoms with Crippen molar-refractivity contribution in [3.05, 3.63) is 70.9 Å². The molecule has 128 valence electrons. The molecule has 6 heteroatoms. The maximum atomic E-state index is 12.5. The van der Waals surface area contributed by atoms with Gasteiger partial charge in [0.1, 0.15) is 11.5 Å². The molecule has 0 atom stereocenters. The van der Waals surface area contributed by atoms with E-state index in [9.17, 15) is 4.79 Å². The largest absolute Gasteiger partial charge is 0.467 e. The molecule has 1 amide bonds. The number of carbonyl (C=O) groups is 1. The molecule has 3 rings (SSSR count). The highest BCUT2D eigenvalue weighted by Gasteiger charge is 2.12. The molecule has 0 saturated heterocycles. The van der Waals surface area contributed by atoms with E-state index in [1.54, 1.807) is 12.3 Å². The Hall–Kier alpha value is -3.15. The van der Waals surface area contributed by atoms with Crippen LogP contribution in [-0.2, 0) is 6.54 Å². The average Bonchev–Trinajstić information content (AvgIpc) is 3.05. The fourth-order valence-electron chi connectivity index (χ4n) is 2.59. The number of rotatable bonds is 5. The van der Waals surface area contributed by atoms with Crippen LogP contribution in [-0.4, -0.2) is 15.9 Å². The fourth-order valence-corrected chi connectivity index (χ4v) is 2.59. The van der Waals surface area contributed by atoms with Gasteiger partial charge >= 0.3 is 0 Å². The van der Waals surface area contributed by atoms with Crippen LogP contribution in [0.2, 0.25) is 0 Å². The Morgan fingerprint density at radius 3 is 2.52 bits per heavy atom. The summed E-state index contributed by atoms with van der Waals surface area (Å²) in [6.45, 7) is 6.27. The van der Waals surface area contributed by atoms with E-state index < -0.39 is 0 Å². The number of aryl methyl sites for hydroxylation is 3. The summed E-state index contributed by atoms with van der Waals surface area (Å²) in [6, 6.07) is 11.2. The summed E-state index contributed by atoms with van der Waals surface area (Å²) in [5, 5.41) is 5.96. The first-order chi connectivity index (χ1) is 12.0. The van der Waals surface area contributed by atoms with Crippen LogP contribution in [0.1, 0.15) is 33.1 Å². The van der Waals surface area contributed by atoms with Crippen LogP contribution in [0.4, 0.5) is 11.6 Å². The maximum absolute atomic E-state index is 12.5. The summed E-state index contributed by atoms with van der Waals surface area (Å²) in [6.07, 6.45) is 1.61. The molecule has 25 heavy (non-hydrogen) atoms. The molecule has 2 heterocycles. The second-order valence-electron chi connectivity index (χ2n) is 5.98. The third kappa shape index (κ3) is 4.44. The number of carbonyl (C=O) groups excluding carboxylic acids is 1.